The first-order valence-corrected chi connectivity index (χ1v) is 10.4. The summed E-state index contributed by atoms with van der Waals surface area (Å²) in [5, 5.41) is 21.3. The van der Waals surface area contributed by atoms with Crippen molar-refractivity contribution in [2.75, 3.05) is 7.11 Å². The minimum Gasteiger partial charge on any atom is -0.466 e. The first-order valence-electron chi connectivity index (χ1n) is 10.4. The summed E-state index contributed by atoms with van der Waals surface area (Å²) in [7, 11) is -0.277. The van der Waals surface area contributed by atoms with Gasteiger partial charge in [-0.3, -0.25) is 9.59 Å². The van der Waals surface area contributed by atoms with Crippen LogP contribution in [0.3, 0.4) is 0 Å². The summed E-state index contributed by atoms with van der Waals surface area (Å²) in [4.78, 5) is 37.9. The number of carbonyl (C=O) groups is 3. The Hall–Kier alpha value is -2.71. The molecule has 1 amide bonds. The largest absolute Gasteiger partial charge is 0.488 e. The lowest BCUT2D eigenvalue weighted by Crippen LogP contribution is -2.45. The van der Waals surface area contributed by atoms with Gasteiger partial charge in [-0.15, -0.1) is 0 Å². The topological polar surface area (TPSA) is 113 Å². The van der Waals surface area contributed by atoms with E-state index in [-0.39, 0.29) is 29.0 Å². The molecule has 0 bridgehead atoms. The Kier molecular flexibility index (Phi) is 6.82. The predicted octanol–water partition coefficient (Wildman–Crippen LogP) is 1.15. The zero-order chi connectivity index (χ0) is 22.9. The van der Waals surface area contributed by atoms with Gasteiger partial charge in [0, 0.05) is 17.1 Å². The highest BCUT2D eigenvalue weighted by Crippen LogP contribution is 2.45. The lowest BCUT2D eigenvalue weighted by Gasteiger charge is -2.26. The van der Waals surface area contributed by atoms with Crippen LogP contribution in [0.5, 0.6) is 0 Å². The van der Waals surface area contributed by atoms with Crippen molar-refractivity contribution in [2.45, 2.75) is 39.2 Å². The van der Waals surface area contributed by atoms with Crippen LogP contribution in [-0.2, 0) is 14.3 Å². The number of rotatable bonds is 5. The molecule has 1 fully saturated rings. The molecule has 3 N–H and O–H groups in total. The maximum absolute atomic E-state index is 13.1. The fourth-order valence-electron chi connectivity index (χ4n) is 4.76. The normalized spacial score (nSPS) is 25.5. The fraction of sp³-hybridized carbons (Fsp3) is 0.435. The second-order valence-electron chi connectivity index (χ2n) is 8.46. The van der Waals surface area contributed by atoms with Crippen molar-refractivity contribution in [1.82, 2.24) is 5.32 Å². The Labute approximate surface area is 182 Å². The number of hydrogen-bond donors (Lipinski definition) is 3. The highest BCUT2D eigenvalue weighted by atomic mass is 16.5. The van der Waals surface area contributed by atoms with Crippen molar-refractivity contribution in [3.05, 3.63) is 53.1 Å². The average Bonchev–Trinajstić information content (AvgIpc) is 2.89. The van der Waals surface area contributed by atoms with Crippen LogP contribution >= 0.6 is 0 Å². The van der Waals surface area contributed by atoms with Crippen LogP contribution in [-0.4, -0.2) is 48.0 Å². The van der Waals surface area contributed by atoms with Crippen LogP contribution in [0.4, 0.5) is 0 Å². The SMILES string of the molecule is C=C(C(=O)OC)[C@@H]1CC[C@H](C)[C@H]2C(=C(C)C(=O)[C@H]2NC(=O)c2ccc(B(O)O)cc2)C1. The van der Waals surface area contributed by atoms with Crippen LogP contribution in [0.1, 0.15) is 43.5 Å². The number of carbonyl (C=O) groups excluding carboxylic acids is 3. The molecule has 0 unspecified atom stereocenters. The number of hydrogen-bond acceptors (Lipinski definition) is 6. The number of nitrogens with one attached hydrogen (secondary N) is 1. The highest BCUT2D eigenvalue weighted by molar-refractivity contribution is 6.58. The number of fused-ring (bicyclic) bond motifs is 1. The maximum atomic E-state index is 13.1. The summed E-state index contributed by atoms with van der Waals surface area (Å²) in [5.41, 5.74) is 2.66. The van der Waals surface area contributed by atoms with Crippen LogP contribution < -0.4 is 10.8 Å². The molecule has 2 aliphatic carbocycles. The molecule has 1 aromatic rings. The molecule has 0 saturated heterocycles. The number of ether oxygens (including phenoxy) is 1. The van der Waals surface area contributed by atoms with Crippen molar-refractivity contribution < 1.29 is 29.2 Å². The molecule has 2 aliphatic rings. The molecular weight excluding hydrogens is 397 g/mol. The van der Waals surface area contributed by atoms with Crippen LogP contribution in [0.15, 0.2) is 47.6 Å². The highest BCUT2D eigenvalue weighted by Gasteiger charge is 2.45. The third-order valence-corrected chi connectivity index (χ3v) is 6.64. The van der Waals surface area contributed by atoms with E-state index in [1.54, 1.807) is 6.92 Å². The molecule has 0 spiro atoms. The molecule has 1 saturated carbocycles. The molecule has 3 rings (SSSR count). The number of esters is 1. The van der Waals surface area contributed by atoms with E-state index < -0.39 is 25.0 Å². The van der Waals surface area contributed by atoms with Gasteiger partial charge in [0.15, 0.2) is 5.78 Å². The summed E-state index contributed by atoms with van der Waals surface area (Å²) in [6.07, 6.45) is 2.11. The van der Waals surface area contributed by atoms with Gasteiger partial charge >= 0.3 is 13.1 Å². The molecule has 0 aromatic heterocycles. The summed E-state index contributed by atoms with van der Waals surface area (Å²) in [5.74, 6) is -1.01. The number of ketones is 1. The molecule has 0 heterocycles. The van der Waals surface area contributed by atoms with Gasteiger partial charge in [-0.2, -0.15) is 0 Å². The Morgan fingerprint density at radius 2 is 1.84 bits per heavy atom. The maximum Gasteiger partial charge on any atom is 0.488 e. The smallest absolute Gasteiger partial charge is 0.466 e. The van der Waals surface area contributed by atoms with Gasteiger partial charge in [0.25, 0.3) is 5.91 Å². The van der Waals surface area contributed by atoms with E-state index >= 15 is 0 Å². The van der Waals surface area contributed by atoms with Gasteiger partial charge in [-0.25, -0.2) is 4.79 Å². The van der Waals surface area contributed by atoms with Crippen LogP contribution in [0, 0.1) is 17.8 Å². The zero-order valence-electron chi connectivity index (χ0n) is 18.1. The fourth-order valence-corrected chi connectivity index (χ4v) is 4.76. The standard InChI is InChI=1S/C23H28BNO6/c1-12-5-6-16(13(2)23(28)31-4)11-18-14(3)21(26)20(19(12)18)25-22(27)15-7-9-17(10-8-15)24(29)30/h7-10,12,16,19-20,29-30H,2,5-6,11H2,1,3-4H3,(H,25,27)/t12-,16+,19-,20-/m0/s1. The number of Topliss-reactive ketones (excluding diaryl/α,β-unsaturated/α-hetero) is 1. The third kappa shape index (κ3) is 4.50. The molecular formula is C23H28BNO6. The first-order chi connectivity index (χ1) is 14.6. The average molecular weight is 425 g/mol. The van der Waals surface area contributed by atoms with E-state index in [9.17, 15) is 24.4 Å². The number of benzene rings is 1. The molecule has 31 heavy (non-hydrogen) atoms. The van der Waals surface area contributed by atoms with Gasteiger partial charge in [0.1, 0.15) is 0 Å². The summed E-state index contributed by atoms with van der Waals surface area (Å²) in [6.45, 7) is 7.76. The van der Waals surface area contributed by atoms with Crippen molar-refractivity contribution >= 4 is 30.2 Å². The Morgan fingerprint density at radius 3 is 2.42 bits per heavy atom. The third-order valence-electron chi connectivity index (χ3n) is 6.64. The summed E-state index contributed by atoms with van der Waals surface area (Å²) < 4.78 is 4.83. The summed E-state index contributed by atoms with van der Waals surface area (Å²) in [6, 6.07) is 5.26. The van der Waals surface area contributed by atoms with Crippen molar-refractivity contribution in [2.24, 2.45) is 17.8 Å². The monoisotopic (exact) mass is 425 g/mol. The minimum absolute atomic E-state index is 0.0930. The van der Waals surface area contributed by atoms with Crippen molar-refractivity contribution in [3.63, 3.8) is 0 Å². The minimum atomic E-state index is -1.61. The summed E-state index contributed by atoms with van der Waals surface area (Å²) >= 11 is 0. The van der Waals surface area contributed by atoms with E-state index in [0.717, 1.165) is 18.4 Å². The molecule has 164 valence electrons. The van der Waals surface area contributed by atoms with E-state index in [1.165, 1.54) is 31.4 Å². The van der Waals surface area contributed by atoms with Crippen molar-refractivity contribution in [1.29, 1.82) is 0 Å². The number of methoxy groups -OCH3 is 1. The molecule has 4 atom stereocenters. The van der Waals surface area contributed by atoms with E-state index in [1.807, 2.05) is 0 Å². The predicted molar refractivity (Wildman–Crippen MR) is 116 cm³/mol. The molecule has 0 aliphatic heterocycles. The van der Waals surface area contributed by atoms with Gasteiger partial charge < -0.3 is 20.1 Å². The van der Waals surface area contributed by atoms with E-state index in [0.29, 0.717) is 23.1 Å². The second-order valence-corrected chi connectivity index (χ2v) is 8.46. The lowest BCUT2D eigenvalue weighted by molar-refractivity contribution is -0.136. The molecule has 1 aromatic carbocycles. The van der Waals surface area contributed by atoms with Gasteiger partial charge in [-0.1, -0.05) is 31.2 Å². The van der Waals surface area contributed by atoms with Crippen LogP contribution in [0.25, 0.3) is 0 Å². The van der Waals surface area contributed by atoms with E-state index in [2.05, 4.69) is 18.8 Å². The van der Waals surface area contributed by atoms with Crippen molar-refractivity contribution in [3.8, 4) is 0 Å². The van der Waals surface area contributed by atoms with Gasteiger partial charge in [0.2, 0.25) is 0 Å². The van der Waals surface area contributed by atoms with E-state index in [4.69, 9.17) is 4.74 Å². The van der Waals surface area contributed by atoms with Gasteiger partial charge in [0.05, 0.1) is 13.2 Å². The Bertz CT molecular complexity index is 936. The second kappa shape index (κ2) is 9.20. The van der Waals surface area contributed by atoms with Gasteiger partial charge in [-0.05, 0) is 61.2 Å². The molecule has 7 nitrogen and oxygen atoms in total. The Morgan fingerprint density at radius 1 is 1.19 bits per heavy atom. The Balaban J connectivity index is 1.81. The number of amides is 1. The quantitative estimate of drug-likeness (QED) is 0.371. The first kappa shape index (κ1) is 23.0. The zero-order valence-corrected chi connectivity index (χ0v) is 18.1. The lowest BCUT2D eigenvalue weighted by atomic mass is 9.80. The molecule has 0 radical (unpaired) electrons. The van der Waals surface area contributed by atoms with Crippen LogP contribution in [0.2, 0.25) is 0 Å². The molecule has 8 heteroatoms.